The van der Waals surface area contributed by atoms with Crippen molar-refractivity contribution in [2.45, 2.75) is 104 Å². The molecule has 0 spiro atoms. The first-order chi connectivity index (χ1) is 14.5. The van der Waals surface area contributed by atoms with Gasteiger partial charge in [0.15, 0.2) is 0 Å². The summed E-state index contributed by atoms with van der Waals surface area (Å²) in [5.41, 5.74) is 0.397. The van der Waals surface area contributed by atoms with Crippen molar-refractivity contribution in [3.05, 3.63) is 35.4 Å². The van der Waals surface area contributed by atoms with E-state index >= 15 is 0 Å². The Labute approximate surface area is 182 Å². The lowest BCUT2D eigenvalue weighted by molar-refractivity contribution is -0.393. The number of benzene rings is 1. The highest BCUT2D eigenvalue weighted by Gasteiger charge is 2.44. The van der Waals surface area contributed by atoms with E-state index in [-0.39, 0.29) is 0 Å². The summed E-state index contributed by atoms with van der Waals surface area (Å²) in [4.78, 5) is 0. The Hall–Kier alpha value is -1.04. The highest BCUT2D eigenvalue weighted by atomic mass is 19.1. The number of hydrogen-bond acceptors (Lipinski definition) is 3. The van der Waals surface area contributed by atoms with Crippen LogP contribution in [-0.4, -0.2) is 25.8 Å². The second kappa shape index (κ2) is 15.7. The maximum Gasteiger partial charge on any atom is 0.290 e. The van der Waals surface area contributed by atoms with Gasteiger partial charge < -0.3 is 14.2 Å². The second-order valence-electron chi connectivity index (χ2n) is 7.92. The Bertz CT molecular complexity index is 544. The number of unbranched alkanes of at least 4 members (excludes halogenated alkanes) is 5. The summed E-state index contributed by atoms with van der Waals surface area (Å²) in [6.07, 6.45) is 9.81. The zero-order chi connectivity index (χ0) is 22.2. The van der Waals surface area contributed by atoms with Crippen LogP contribution in [0.25, 0.3) is 0 Å². The fraction of sp³-hybridized carbons (Fsp3) is 0.760. The molecule has 1 aromatic carbocycles. The van der Waals surface area contributed by atoms with Gasteiger partial charge in [-0.1, -0.05) is 72.3 Å². The number of rotatable bonds is 18. The zero-order valence-corrected chi connectivity index (χ0v) is 19.5. The molecule has 0 radical (unpaired) electrons. The summed E-state index contributed by atoms with van der Waals surface area (Å²) >= 11 is 0. The maximum absolute atomic E-state index is 14.9. The molecule has 30 heavy (non-hydrogen) atoms. The van der Waals surface area contributed by atoms with Crippen molar-refractivity contribution >= 4 is 0 Å². The van der Waals surface area contributed by atoms with Crippen molar-refractivity contribution in [3.8, 4) is 0 Å². The summed E-state index contributed by atoms with van der Waals surface area (Å²) in [6.45, 7) is 9.60. The van der Waals surface area contributed by atoms with E-state index in [1.54, 1.807) is 0 Å². The van der Waals surface area contributed by atoms with E-state index in [2.05, 4.69) is 6.92 Å². The topological polar surface area (TPSA) is 27.7 Å². The van der Waals surface area contributed by atoms with E-state index in [1.165, 1.54) is 31.4 Å². The summed E-state index contributed by atoms with van der Waals surface area (Å²) in [5, 5.41) is 0. The SMILES string of the molecule is CCCCCCCCC(c1ccc(F)cc1F)C(OCCC)(OCCC)OCCC. The van der Waals surface area contributed by atoms with Crippen LogP contribution in [-0.2, 0) is 14.2 Å². The van der Waals surface area contributed by atoms with Crippen molar-refractivity contribution in [1.29, 1.82) is 0 Å². The molecule has 0 aliphatic rings. The molecule has 5 heteroatoms. The summed E-state index contributed by atoms with van der Waals surface area (Å²) in [6, 6.07) is 3.76. The average molecular weight is 429 g/mol. The second-order valence-corrected chi connectivity index (χ2v) is 7.92. The first-order valence-electron chi connectivity index (χ1n) is 11.9. The molecule has 1 atom stereocenters. The molecule has 1 unspecified atom stereocenters. The molecule has 0 aliphatic carbocycles. The summed E-state index contributed by atoms with van der Waals surface area (Å²) < 4.78 is 47.0. The van der Waals surface area contributed by atoms with Crippen molar-refractivity contribution in [1.82, 2.24) is 0 Å². The normalized spacial score (nSPS) is 13.0. The van der Waals surface area contributed by atoms with Gasteiger partial charge in [-0.3, -0.25) is 0 Å². The first-order valence-corrected chi connectivity index (χ1v) is 11.9. The van der Waals surface area contributed by atoms with Gasteiger partial charge in [0, 0.05) is 6.07 Å². The van der Waals surface area contributed by atoms with Gasteiger partial charge in [0.25, 0.3) is 5.97 Å². The third-order valence-corrected chi connectivity index (χ3v) is 5.13. The monoisotopic (exact) mass is 428 g/mol. The molecule has 0 saturated heterocycles. The molecule has 1 rings (SSSR count). The van der Waals surface area contributed by atoms with Gasteiger partial charge in [-0.25, -0.2) is 8.78 Å². The van der Waals surface area contributed by atoms with Gasteiger partial charge in [0.1, 0.15) is 11.6 Å². The quantitative estimate of drug-likeness (QED) is 0.177. The maximum atomic E-state index is 14.9. The molecule has 0 amide bonds. The first kappa shape index (κ1) is 27.0. The Balaban J connectivity index is 3.19. The van der Waals surface area contributed by atoms with Gasteiger partial charge in [-0.05, 0) is 37.3 Å². The van der Waals surface area contributed by atoms with Crippen molar-refractivity contribution in [3.63, 3.8) is 0 Å². The van der Waals surface area contributed by atoms with Crippen LogP contribution in [0.2, 0.25) is 0 Å². The van der Waals surface area contributed by atoms with E-state index in [0.29, 0.717) is 31.8 Å². The fourth-order valence-corrected chi connectivity index (χ4v) is 3.60. The van der Waals surface area contributed by atoms with Crippen LogP contribution >= 0.6 is 0 Å². The van der Waals surface area contributed by atoms with Gasteiger partial charge in [0.05, 0.1) is 25.7 Å². The number of hydrogen-bond donors (Lipinski definition) is 0. The molecule has 0 N–H and O–H groups in total. The molecule has 0 aromatic heterocycles. The molecular formula is C25H42F2O3. The smallest absolute Gasteiger partial charge is 0.290 e. The minimum atomic E-state index is -1.36. The molecule has 0 aliphatic heterocycles. The standard InChI is InChI=1S/C25H42F2O3/c1-5-9-10-11-12-13-14-23(22-16-15-21(26)20-24(22)27)25(28-17-6-2,29-18-7-3)30-19-8-4/h15-16,20,23H,5-14,17-19H2,1-4H3. The van der Waals surface area contributed by atoms with Crippen LogP contribution in [0.15, 0.2) is 18.2 Å². The van der Waals surface area contributed by atoms with E-state index in [1.807, 2.05) is 20.8 Å². The lowest BCUT2D eigenvalue weighted by Gasteiger charge is -2.40. The Kier molecular flexibility index (Phi) is 14.1. The molecule has 0 bridgehead atoms. The highest BCUT2D eigenvalue weighted by molar-refractivity contribution is 5.24. The molecule has 3 nitrogen and oxygen atoms in total. The summed E-state index contributed by atoms with van der Waals surface area (Å²) in [5.74, 6) is -2.98. The molecule has 0 saturated carbocycles. The van der Waals surface area contributed by atoms with Gasteiger partial charge in [-0.15, -0.1) is 0 Å². The van der Waals surface area contributed by atoms with Crippen LogP contribution in [0.1, 0.15) is 103 Å². The molecular weight excluding hydrogens is 386 g/mol. The van der Waals surface area contributed by atoms with Crippen molar-refractivity contribution in [2.24, 2.45) is 0 Å². The van der Waals surface area contributed by atoms with E-state index in [0.717, 1.165) is 44.6 Å². The third-order valence-electron chi connectivity index (χ3n) is 5.13. The Morgan fingerprint density at radius 1 is 0.733 bits per heavy atom. The third kappa shape index (κ3) is 8.99. The predicted molar refractivity (Wildman–Crippen MR) is 119 cm³/mol. The Morgan fingerprint density at radius 3 is 1.77 bits per heavy atom. The molecule has 0 heterocycles. The number of halogens is 2. The number of ether oxygens (including phenoxy) is 3. The van der Waals surface area contributed by atoms with Crippen LogP contribution < -0.4 is 0 Å². The predicted octanol–water partition coefficient (Wildman–Crippen LogP) is 7.73. The largest absolute Gasteiger partial charge is 0.327 e. The van der Waals surface area contributed by atoms with E-state index < -0.39 is 23.5 Å². The minimum absolute atomic E-state index is 0.397. The zero-order valence-electron chi connectivity index (χ0n) is 19.5. The lowest BCUT2D eigenvalue weighted by Crippen LogP contribution is -2.46. The van der Waals surface area contributed by atoms with Crippen LogP contribution in [0.5, 0.6) is 0 Å². The Morgan fingerprint density at radius 2 is 1.27 bits per heavy atom. The van der Waals surface area contributed by atoms with Gasteiger partial charge >= 0.3 is 0 Å². The van der Waals surface area contributed by atoms with Crippen LogP contribution in [0.4, 0.5) is 8.78 Å². The lowest BCUT2D eigenvalue weighted by atomic mass is 9.89. The van der Waals surface area contributed by atoms with E-state index in [4.69, 9.17) is 14.2 Å². The van der Waals surface area contributed by atoms with Gasteiger partial charge in [0.2, 0.25) is 0 Å². The fourth-order valence-electron chi connectivity index (χ4n) is 3.60. The van der Waals surface area contributed by atoms with E-state index in [9.17, 15) is 8.78 Å². The molecule has 1 aromatic rings. The minimum Gasteiger partial charge on any atom is -0.327 e. The van der Waals surface area contributed by atoms with Crippen molar-refractivity contribution < 1.29 is 23.0 Å². The van der Waals surface area contributed by atoms with Crippen LogP contribution in [0, 0.1) is 11.6 Å². The van der Waals surface area contributed by atoms with Crippen molar-refractivity contribution in [2.75, 3.05) is 19.8 Å². The molecule has 174 valence electrons. The van der Waals surface area contributed by atoms with Crippen LogP contribution in [0.3, 0.4) is 0 Å². The highest BCUT2D eigenvalue weighted by Crippen LogP contribution is 2.40. The average Bonchev–Trinajstić information content (AvgIpc) is 2.74. The summed E-state index contributed by atoms with van der Waals surface area (Å²) in [7, 11) is 0. The molecule has 0 fully saturated rings. The van der Waals surface area contributed by atoms with Gasteiger partial charge in [-0.2, -0.15) is 0 Å².